The minimum atomic E-state index is -4.12. The minimum Gasteiger partial charge on any atom is -0.497 e. The summed E-state index contributed by atoms with van der Waals surface area (Å²) in [4.78, 5) is 0. The molecule has 0 saturated heterocycles. The molecule has 0 aliphatic rings. The monoisotopic (exact) mass is 289 g/mol. The average Bonchev–Trinajstić information content (AvgIpc) is 2.38. The van der Waals surface area contributed by atoms with Gasteiger partial charge in [-0.15, -0.1) is 0 Å². The Morgan fingerprint density at radius 2 is 2.00 bits per heavy atom. The Morgan fingerprint density at radius 1 is 1.30 bits per heavy atom. The Balaban J connectivity index is 2.86. The number of hydrogen-bond donors (Lipinski definition) is 1. The minimum absolute atomic E-state index is 0.0523. The van der Waals surface area contributed by atoms with Gasteiger partial charge in [-0.25, -0.2) is 0 Å². The smallest absolute Gasteiger partial charge is 0.389 e. The molecule has 5 heteroatoms. The topological polar surface area (TPSA) is 21.3 Å². The van der Waals surface area contributed by atoms with E-state index >= 15 is 0 Å². The second-order valence-electron chi connectivity index (χ2n) is 4.88. The number of halogens is 3. The molecule has 0 saturated carbocycles. The molecule has 0 fully saturated rings. The van der Waals surface area contributed by atoms with E-state index in [2.05, 4.69) is 5.32 Å². The molecule has 20 heavy (non-hydrogen) atoms. The maximum absolute atomic E-state index is 12.4. The third-order valence-corrected chi connectivity index (χ3v) is 3.21. The number of alkyl halides is 3. The summed E-state index contributed by atoms with van der Waals surface area (Å²) >= 11 is 0. The number of rotatable bonds is 7. The van der Waals surface area contributed by atoms with Crippen LogP contribution in [0.3, 0.4) is 0 Å². The van der Waals surface area contributed by atoms with Crippen molar-refractivity contribution in [2.24, 2.45) is 0 Å². The molecule has 0 aromatic heterocycles. The van der Waals surface area contributed by atoms with Crippen molar-refractivity contribution in [3.8, 4) is 5.75 Å². The van der Waals surface area contributed by atoms with Gasteiger partial charge in [0.05, 0.1) is 7.11 Å². The first-order valence-electron chi connectivity index (χ1n) is 6.82. The van der Waals surface area contributed by atoms with E-state index in [1.54, 1.807) is 13.2 Å². The van der Waals surface area contributed by atoms with Crippen molar-refractivity contribution in [2.45, 2.75) is 45.3 Å². The Kier molecular flexibility index (Phi) is 6.33. The first-order chi connectivity index (χ1) is 9.37. The SMILES string of the molecule is CCCNC(CCC(F)(F)F)c1ccc(OC)cc1C. The number of aryl methyl sites for hydroxylation is 1. The fraction of sp³-hybridized carbons (Fsp3) is 0.600. The summed E-state index contributed by atoms with van der Waals surface area (Å²) in [6, 6.07) is 5.21. The van der Waals surface area contributed by atoms with Crippen molar-refractivity contribution in [1.82, 2.24) is 5.32 Å². The highest BCUT2D eigenvalue weighted by molar-refractivity contribution is 5.36. The van der Waals surface area contributed by atoms with Crippen LogP contribution in [-0.2, 0) is 0 Å². The summed E-state index contributed by atoms with van der Waals surface area (Å²) in [5.74, 6) is 0.719. The number of methoxy groups -OCH3 is 1. The van der Waals surface area contributed by atoms with Crippen LogP contribution >= 0.6 is 0 Å². The van der Waals surface area contributed by atoms with Crippen LogP contribution in [0.15, 0.2) is 18.2 Å². The normalized spacial score (nSPS) is 13.3. The van der Waals surface area contributed by atoms with Gasteiger partial charge in [-0.3, -0.25) is 0 Å². The lowest BCUT2D eigenvalue weighted by Gasteiger charge is -2.22. The molecule has 1 rings (SSSR count). The highest BCUT2D eigenvalue weighted by atomic mass is 19.4. The van der Waals surface area contributed by atoms with Crippen molar-refractivity contribution < 1.29 is 17.9 Å². The Hall–Kier alpha value is -1.23. The molecule has 0 bridgehead atoms. The van der Waals surface area contributed by atoms with Crippen molar-refractivity contribution in [1.29, 1.82) is 0 Å². The van der Waals surface area contributed by atoms with Crippen LogP contribution in [0.25, 0.3) is 0 Å². The predicted octanol–water partition coefficient (Wildman–Crippen LogP) is 4.39. The van der Waals surface area contributed by atoms with Crippen molar-refractivity contribution in [3.05, 3.63) is 29.3 Å². The van der Waals surface area contributed by atoms with Crippen LogP contribution in [-0.4, -0.2) is 19.8 Å². The molecule has 1 unspecified atom stereocenters. The number of benzene rings is 1. The van der Waals surface area contributed by atoms with Crippen LogP contribution in [0.1, 0.15) is 43.4 Å². The predicted molar refractivity (Wildman–Crippen MR) is 74.1 cm³/mol. The van der Waals surface area contributed by atoms with E-state index in [0.717, 1.165) is 23.3 Å². The van der Waals surface area contributed by atoms with Crippen LogP contribution in [0.4, 0.5) is 13.2 Å². The van der Waals surface area contributed by atoms with Gasteiger partial charge in [0, 0.05) is 12.5 Å². The van der Waals surface area contributed by atoms with Crippen molar-refractivity contribution in [3.63, 3.8) is 0 Å². The van der Waals surface area contributed by atoms with Crippen molar-refractivity contribution >= 4 is 0 Å². The average molecular weight is 289 g/mol. The lowest BCUT2D eigenvalue weighted by molar-refractivity contribution is -0.136. The van der Waals surface area contributed by atoms with Gasteiger partial charge in [0.15, 0.2) is 0 Å². The second-order valence-corrected chi connectivity index (χ2v) is 4.88. The highest BCUT2D eigenvalue weighted by Crippen LogP contribution is 2.30. The molecule has 114 valence electrons. The molecule has 0 aliphatic carbocycles. The molecule has 0 amide bonds. The van der Waals surface area contributed by atoms with Gasteiger partial charge in [-0.05, 0) is 49.6 Å². The van der Waals surface area contributed by atoms with Gasteiger partial charge >= 0.3 is 6.18 Å². The van der Waals surface area contributed by atoms with Gasteiger partial charge in [0.2, 0.25) is 0 Å². The third-order valence-electron chi connectivity index (χ3n) is 3.21. The third kappa shape index (κ3) is 5.41. The molecular formula is C15H22F3NO. The van der Waals surface area contributed by atoms with Crippen LogP contribution < -0.4 is 10.1 Å². The van der Waals surface area contributed by atoms with Gasteiger partial charge < -0.3 is 10.1 Å². The molecular weight excluding hydrogens is 267 g/mol. The maximum Gasteiger partial charge on any atom is 0.389 e. The molecule has 2 nitrogen and oxygen atoms in total. The summed E-state index contributed by atoms with van der Waals surface area (Å²) in [5, 5.41) is 3.20. The first kappa shape index (κ1) is 16.8. The number of nitrogens with one attached hydrogen (secondary N) is 1. The molecule has 0 aliphatic heterocycles. The lowest BCUT2D eigenvalue weighted by atomic mass is 9.97. The van der Waals surface area contributed by atoms with Gasteiger partial charge in [-0.2, -0.15) is 13.2 Å². The first-order valence-corrected chi connectivity index (χ1v) is 6.82. The van der Waals surface area contributed by atoms with E-state index in [0.29, 0.717) is 6.54 Å². The summed E-state index contributed by atoms with van der Waals surface area (Å²) in [6.45, 7) is 4.59. The van der Waals surface area contributed by atoms with Crippen LogP contribution in [0, 0.1) is 6.92 Å². The summed E-state index contributed by atoms with van der Waals surface area (Å²) < 4.78 is 42.4. The van der Waals surface area contributed by atoms with Gasteiger partial charge in [0.1, 0.15) is 5.75 Å². The summed E-state index contributed by atoms with van der Waals surface area (Å²) in [5.41, 5.74) is 1.85. The Morgan fingerprint density at radius 3 is 2.50 bits per heavy atom. The van der Waals surface area contributed by atoms with Gasteiger partial charge in [-0.1, -0.05) is 13.0 Å². The van der Waals surface area contributed by atoms with E-state index in [-0.39, 0.29) is 12.5 Å². The number of hydrogen-bond acceptors (Lipinski definition) is 2. The number of ether oxygens (including phenoxy) is 1. The van der Waals surface area contributed by atoms with Crippen LogP contribution in [0.5, 0.6) is 5.75 Å². The highest BCUT2D eigenvalue weighted by Gasteiger charge is 2.29. The van der Waals surface area contributed by atoms with E-state index in [4.69, 9.17) is 4.74 Å². The summed E-state index contributed by atoms with van der Waals surface area (Å²) in [6.07, 6.45) is -3.96. The zero-order valence-corrected chi connectivity index (χ0v) is 12.2. The fourth-order valence-corrected chi connectivity index (χ4v) is 2.16. The molecule has 0 heterocycles. The van der Waals surface area contributed by atoms with E-state index in [9.17, 15) is 13.2 Å². The summed E-state index contributed by atoms with van der Waals surface area (Å²) in [7, 11) is 1.57. The Labute approximate surface area is 118 Å². The second kappa shape index (κ2) is 7.53. The molecule has 1 N–H and O–H groups in total. The fourth-order valence-electron chi connectivity index (χ4n) is 2.16. The van der Waals surface area contributed by atoms with Crippen molar-refractivity contribution in [2.75, 3.05) is 13.7 Å². The van der Waals surface area contributed by atoms with E-state index < -0.39 is 12.6 Å². The Bertz CT molecular complexity index is 418. The quantitative estimate of drug-likeness (QED) is 0.804. The van der Waals surface area contributed by atoms with E-state index in [1.165, 1.54) is 0 Å². The molecule has 1 aromatic rings. The molecule has 1 aromatic carbocycles. The standard InChI is InChI=1S/C15H22F3NO/c1-4-9-19-14(7-8-15(16,17)18)13-6-5-12(20-3)10-11(13)2/h5-6,10,14,19H,4,7-9H2,1-3H3. The van der Waals surface area contributed by atoms with E-state index in [1.807, 2.05) is 26.0 Å². The molecule has 0 spiro atoms. The lowest BCUT2D eigenvalue weighted by Crippen LogP contribution is -2.24. The zero-order chi connectivity index (χ0) is 15.2. The zero-order valence-electron chi connectivity index (χ0n) is 12.2. The largest absolute Gasteiger partial charge is 0.497 e. The molecule has 1 atom stereocenters. The van der Waals surface area contributed by atoms with Crippen LogP contribution in [0.2, 0.25) is 0 Å². The van der Waals surface area contributed by atoms with Gasteiger partial charge in [0.25, 0.3) is 0 Å². The maximum atomic E-state index is 12.4. The molecule has 0 radical (unpaired) electrons.